The molecule has 3 atom stereocenters. The Morgan fingerprint density at radius 1 is 1.43 bits per heavy atom. The maximum absolute atomic E-state index is 12.1. The summed E-state index contributed by atoms with van der Waals surface area (Å²) in [4.78, 5) is 2.35. The molecular formula is C18H25ClN2OS. The maximum Gasteiger partial charge on any atom is 0.144 e. The summed E-state index contributed by atoms with van der Waals surface area (Å²) in [6.45, 7) is 10.4. The second-order valence-corrected chi connectivity index (χ2v) is 9.19. The lowest BCUT2D eigenvalue weighted by molar-refractivity contribution is 0.259. The molecule has 1 heterocycles. The summed E-state index contributed by atoms with van der Waals surface area (Å²) in [6, 6.07) is 8.49. The molecule has 0 saturated carbocycles. The number of likely N-dealkylation sites (tertiary alicyclic amines) is 1. The molecular weight excluding hydrogens is 328 g/mol. The van der Waals surface area contributed by atoms with Gasteiger partial charge in [0.05, 0.1) is 12.3 Å². The van der Waals surface area contributed by atoms with Crippen molar-refractivity contribution in [1.82, 2.24) is 4.90 Å². The fourth-order valence-corrected chi connectivity index (χ4v) is 3.58. The van der Waals surface area contributed by atoms with Gasteiger partial charge in [-0.05, 0) is 51.3 Å². The van der Waals surface area contributed by atoms with Crippen molar-refractivity contribution >= 4 is 29.2 Å². The van der Waals surface area contributed by atoms with E-state index in [4.69, 9.17) is 11.6 Å². The van der Waals surface area contributed by atoms with Crippen LogP contribution >= 0.6 is 11.6 Å². The van der Waals surface area contributed by atoms with Gasteiger partial charge in [-0.25, -0.2) is 0 Å². The van der Waals surface area contributed by atoms with Crippen LogP contribution in [0.5, 0.6) is 0 Å². The molecule has 0 amide bonds. The van der Waals surface area contributed by atoms with Gasteiger partial charge in [0.15, 0.2) is 0 Å². The number of benzene rings is 1. The zero-order chi connectivity index (χ0) is 17.0. The van der Waals surface area contributed by atoms with Crippen molar-refractivity contribution < 1.29 is 4.55 Å². The Hall–Kier alpha value is -0.810. The van der Waals surface area contributed by atoms with Crippen molar-refractivity contribution in [3.8, 4) is 0 Å². The predicted molar refractivity (Wildman–Crippen MR) is 101 cm³/mol. The lowest BCUT2D eigenvalue weighted by Crippen LogP contribution is -2.34. The van der Waals surface area contributed by atoms with Gasteiger partial charge >= 0.3 is 0 Å². The minimum Gasteiger partial charge on any atom is -0.591 e. The minimum absolute atomic E-state index is 0.184. The summed E-state index contributed by atoms with van der Waals surface area (Å²) < 4.78 is 16.1. The molecule has 5 heteroatoms. The summed E-state index contributed by atoms with van der Waals surface area (Å²) in [6.07, 6.45) is 5.79. The molecule has 0 N–H and O–H groups in total. The molecule has 1 fully saturated rings. The summed E-state index contributed by atoms with van der Waals surface area (Å²) >= 11 is 4.92. The number of nitrogens with zero attached hydrogens (tertiary/aromatic N) is 2. The van der Waals surface area contributed by atoms with Gasteiger partial charge < -0.3 is 4.55 Å². The van der Waals surface area contributed by atoms with E-state index >= 15 is 0 Å². The van der Waals surface area contributed by atoms with Gasteiger partial charge in [0.25, 0.3) is 0 Å². The highest BCUT2D eigenvalue weighted by molar-refractivity contribution is 7.91. The fraction of sp³-hybridized carbons (Fsp3) is 0.500. The molecule has 23 heavy (non-hydrogen) atoms. The van der Waals surface area contributed by atoms with Crippen LogP contribution in [0.2, 0.25) is 5.02 Å². The molecule has 0 unspecified atom stereocenters. The first kappa shape index (κ1) is 18.5. The first-order valence-corrected chi connectivity index (χ1v) is 9.39. The Morgan fingerprint density at radius 3 is 2.78 bits per heavy atom. The van der Waals surface area contributed by atoms with E-state index in [0.717, 1.165) is 24.4 Å². The zero-order valence-electron chi connectivity index (χ0n) is 14.0. The van der Waals surface area contributed by atoms with Gasteiger partial charge in [0.1, 0.15) is 16.1 Å². The topological polar surface area (TPSA) is 38.7 Å². The Kier molecular flexibility index (Phi) is 6.32. The molecule has 1 aromatic rings. The molecule has 0 radical (unpaired) electrons. The Balaban J connectivity index is 2.16. The van der Waals surface area contributed by atoms with Gasteiger partial charge in [-0.3, -0.25) is 4.90 Å². The van der Waals surface area contributed by atoms with Gasteiger partial charge in [0, 0.05) is 17.6 Å². The van der Waals surface area contributed by atoms with Crippen LogP contribution < -0.4 is 0 Å². The summed E-state index contributed by atoms with van der Waals surface area (Å²) in [5.74, 6) is 0. The molecule has 0 spiro atoms. The normalized spacial score (nSPS) is 24.2. The average molecular weight is 353 g/mol. The zero-order valence-corrected chi connectivity index (χ0v) is 15.6. The summed E-state index contributed by atoms with van der Waals surface area (Å²) in [5.41, 5.74) is 1.21. The highest BCUT2D eigenvalue weighted by atomic mass is 35.5. The third kappa shape index (κ3) is 4.83. The van der Waals surface area contributed by atoms with Crippen LogP contribution in [0.4, 0.5) is 0 Å². The third-order valence-corrected chi connectivity index (χ3v) is 5.58. The number of halogens is 1. The maximum atomic E-state index is 12.1. The quantitative estimate of drug-likeness (QED) is 0.442. The molecule has 1 aliphatic heterocycles. The van der Waals surface area contributed by atoms with Gasteiger partial charge in [-0.2, -0.15) is 0 Å². The van der Waals surface area contributed by atoms with Crippen LogP contribution in [0.25, 0.3) is 0 Å². The summed E-state index contributed by atoms with van der Waals surface area (Å²) in [5, 5.41) is 0.756. The Labute approximate surface area is 147 Å². The number of rotatable bonds is 5. The SMILES string of the molecule is C=CCN1[C@@H](C=N[S@@+]([O-])C(C)(C)C)CC[C@H]1c1cccc(Cl)c1. The molecule has 0 aromatic heterocycles. The van der Waals surface area contributed by atoms with E-state index in [-0.39, 0.29) is 10.8 Å². The molecule has 0 aliphatic carbocycles. The molecule has 3 nitrogen and oxygen atoms in total. The first-order valence-electron chi connectivity index (χ1n) is 7.91. The average Bonchev–Trinajstić information content (AvgIpc) is 2.87. The van der Waals surface area contributed by atoms with E-state index in [0.29, 0.717) is 6.04 Å². The molecule has 1 aromatic carbocycles. The lowest BCUT2D eigenvalue weighted by Gasteiger charge is -2.27. The minimum atomic E-state index is -1.22. The highest BCUT2D eigenvalue weighted by Crippen LogP contribution is 2.36. The molecule has 0 bridgehead atoms. The smallest absolute Gasteiger partial charge is 0.144 e. The van der Waals surface area contributed by atoms with Crippen LogP contribution in [0.3, 0.4) is 0 Å². The molecule has 1 aliphatic rings. The Morgan fingerprint density at radius 2 is 2.17 bits per heavy atom. The van der Waals surface area contributed by atoms with E-state index < -0.39 is 11.4 Å². The van der Waals surface area contributed by atoms with E-state index in [1.165, 1.54) is 5.56 Å². The van der Waals surface area contributed by atoms with E-state index in [1.807, 2.05) is 51.3 Å². The van der Waals surface area contributed by atoms with Crippen LogP contribution in [0.1, 0.15) is 45.2 Å². The third-order valence-electron chi connectivity index (χ3n) is 3.99. The van der Waals surface area contributed by atoms with Crippen LogP contribution in [-0.4, -0.2) is 33.0 Å². The highest BCUT2D eigenvalue weighted by Gasteiger charge is 2.34. The summed E-state index contributed by atoms with van der Waals surface area (Å²) in [7, 11) is 0. The lowest BCUT2D eigenvalue weighted by atomic mass is 10.0. The molecule has 1 saturated heterocycles. The van der Waals surface area contributed by atoms with Gasteiger partial charge in [0.2, 0.25) is 0 Å². The van der Waals surface area contributed by atoms with Gasteiger partial charge in [-0.1, -0.05) is 34.2 Å². The van der Waals surface area contributed by atoms with Crippen molar-refractivity contribution in [3.05, 3.63) is 47.5 Å². The van der Waals surface area contributed by atoms with Crippen LogP contribution in [-0.2, 0) is 11.4 Å². The Bertz CT molecular complexity index is 570. The standard InChI is InChI=1S/C18H25ClN2OS/c1-5-11-21-16(13-20-23(22)18(2,3)4)9-10-17(21)14-7-6-8-15(19)12-14/h5-8,12-13,16-17H,1,9-11H2,2-4H3/t16-,17+,23+/m1/s1. The first-order chi connectivity index (χ1) is 10.8. The van der Waals surface area contributed by atoms with Crippen molar-refractivity contribution in [2.24, 2.45) is 4.40 Å². The molecule has 126 valence electrons. The second-order valence-electron chi connectivity index (χ2n) is 6.82. The fourth-order valence-electron chi connectivity index (χ4n) is 2.82. The van der Waals surface area contributed by atoms with Gasteiger partial charge in [-0.15, -0.1) is 6.58 Å². The van der Waals surface area contributed by atoms with Crippen molar-refractivity contribution in [1.29, 1.82) is 0 Å². The largest absolute Gasteiger partial charge is 0.591 e. The van der Waals surface area contributed by atoms with Crippen LogP contribution in [0, 0.1) is 0 Å². The molecule has 2 rings (SSSR count). The van der Waals surface area contributed by atoms with E-state index in [1.54, 1.807) is 0 Å². The second kappa shape index (κ2) is 7.84. The monoisotopic (exact) mass is 352 g/mol. The number of hydrogen-bond donors (Lipinski definition) is 0. The van der Waals surface area contributed by atoms with E-state index in [2.05, 4.69) is 21.9 Å². The van der Waals surface area contributed by atoms with E-state index in [9.17, 15) is 4.55 Å². The van der Waals surface area contributed by atoms with Crippen LogP contribution in [0.15, 0.2) is 41.3 Å². The van der Waals surface area contributed by atoms with Crippen molar-refractivity contribution in [2.75, 3.05) is 6.54 Å². The predicted octanol–water partition coefficient (Wildman–Crippen LogP) is 4.56. The van der Waals surface area contributed by atoms with Crippen molar-refractivity contribution in [3.63, 3.8) is 0 Å². The number of hydrogen-bond acceptors (Lipinski definition) is 3. The van der Waals surface area contributed by atoms with Crippen molar-refractivity contribution in [2.45, 2.75) is 50.4 Å².